The molecule has 3 N–H and O–H groups in total. The van der Waals surface area contributed by atoms with Crippen LogP contribution in [-0.4, -0.2) is 25.7 Å². The minimum atomic E-state index is -0.140. The minimum absolute atomic E-state index is 0.0251. The summed E-state index contributed by atoms with van der Waals surface area (Å²) in [7, 11) is 1.56. The zero-order valence-corrected chi connectivity index (χ0v) is 11.7. The number of amides is 1. The van der Waals surface area contributed by atoms with E-state index >= 15 is 0 Å². The molecule has 1 rings (SSSR count). The van der Waals surface area contributed by atoms with Crippen molar-refractivity contribution in [3.63, 3.8) is 0 Å². The van der Waals surface area contributed by atoms with Gasteiger partial charge in [-0.25, -0.2) is 0 Å². The van der Waals surface area contributed by atoms with Crippen molar-refractivity contribution in [3.8, 4) is 11.5 Å². The maximum absolute atomic E-state index is 11.6. The Labute approximate surface area is 114 Å². The summed E-state index contributed by atoms with van der Waals surface area (Å²) in [4.78, 5) is 11.6. The molecule has 0 aliphatic heterocycles. The summed E-state index contributed by atoms with van der Waals surface area (Å²) >= 11 is 0. The van der Waals surface area contributed by atoms with E-state index in [2.05, 4.69) is 5.32 Å². The summed E-state index contributed by atoms with van der Waals surface area (Å²) in [5, 5.41) is 2.84. The molecule has 1 atom stereocenters. The van der Waals surface area contributed by atoms with Crippen LogP contribution in [0.4, 0.5) is 0 Å². The Morgan fingerprint density at radius 3 is 2.74 bits per heavy atom. The van der Waals surface area contributed by atoms with E-state index in [0.717, 1.165) is 12.0 Å². The van der Waals surface area contributed by atoms with Crippen LogP contribution < -0.4 is 20.5 Å². The van der Waals surface area contributed by atoms with E-state index in [1.165, 1.54) is 0 Å². The van der Waals surface area contributed by atoms with Gasteiger partial charge in [-0.2, -0.15) is 0 Å². The highest BCUT2D eigenvalue weighted by molar-refractivity contribution is 5.77. The molecule has 0 spiro atoms. The first-order valence-electron chi connectivity index (χ1n) is 6.39. The van der Waals surface area contributed by atoms with Gasteiger partial charge in [0.05, 0.1) is 7.11 Å². The number of ether oxygens (including phenoxy) is 2. The van der Waals surface area contributed by atoms with E-state index in [-0.39, 0.29) is 18.6 Å². The van der Waals surface area contributed by atoms with Crippen LogP contribution in [0.5, 0.6) is 11.5 Å². The van der Waals surface area contributed by atoms with Crippen LogP contribution in [0.3, 0.4) is 0 Å². The zero-order chi connectivity index (χ0) is 14.3. The van der Waals surface area contributed by atoms with Crippen molar-refractivity contribution in [2.24, 2.45) is 5.73 Å². The van der Waals surface area contributed by atoms with Gasteiger partial charge < -0.3 is 20.5 Å². The summed E-state index contributed by atoms with van der Waals surface area (Å²) in [6.07, 6.45) is 0.889. The summed E-state index contributed by atoms with van der Waals surface area (Å²) in [6.45, 7) is 4.38. The molecule has 0 saturated heterocycles. The first kappa shape index (κ1) is 15.3. The number of nitrogens with one attached hydrogen (secondary N) is 1. The maximum atomic E-state index is 11.6. The molecular formula is C14H22N2O3. The molecule has 0 heterocycles. The zero-order valence-electron chi connectivity index (χ0n) is 11.7. The van der Waals surface area contributed by atoms with Crippen LogP contribution in [0.15, 0.2) is 18.2 Å². The lowest BCUT2D eigenvalue weighted by Gasteiger charge is -2.14. The molecule has 19 heavy (non-hydrogen) atoms. The Hall–Kier alpha value is -1.75. The van der Waals surface area contributed by atoms with Crippen LogP contribution in [0, 0.1) is 0 Å². The third-order valence-corrected chi connectivity index (χ3v) is 2.84. The van der Waals surface area contributed by atoms with Crippen molar-refractivity contribution in [1.82, 2.24) is 5.32 Å². The van der Waals surface area contributed by atoms with Crippen LogP contribution in [0.2, 0.25) is 0 Å². The fourth-order valence-corrected chi connectivity index (χ4v) is 1.52. The molecule has 0 bridgehead atoms. The fraction of sp³-hybridized carbons (Fsp3) is 0.500. The number of hydrogen-bond acceptors (Lipinski definition) is 4. The van der Waals surface area contributed by atoms with Crippen molar-refractivity contribution >= 4 is 5.91 Å². The molecule has 1 aromatic rings. The number of carbonyl (C=O) groups excluding carboxylic acids is 1. The van der Waals surface area contributed by atoms with E-state index in [9.17, 15) is 4.79 Å². The van der Waals surface area contributed by atoms with E-state index < -0.39 is 0 Å². The highest BCUT2D eigenvalue weighted by Gasteiger charge is 2.09. The number of benzene rings is 1. The molecule has 5 nitrogen and oxygen atoms in total. The average molecular weight is 266 g/mol. The number of rotatable bonds is 7. The Kier molecular flexibility index (Phi) is 6.15. The molecule has 5 heteroatoms. The van der Waals surface area contributed by atoms with Gasteiger partial charge >= 0.3 is 0 Å². The highest BCUT2D eigenvalue weighted by atomic mass is 16.5. The molecule has 1 amide bonds. The first-order valence-corrected chi connectivity index (χ1v) is 6.39. The quantitative estimate of drug-likeness (QED) is 0.783. The lowest BCUT2D eigenvalue weighted by molar-refractivity contribution is -0.123. The predicted molar refractivity (Wildman–Crippen MR) is 74.3 cm³/mol. The third-order valence-electron chi connectivity index (χ3n) is 2.84. The van der Waals surface area contributed by atoms with E-state index in [0.29, 0.717) is 18.0 Å². The Bertz CT molecular complexity index is 421. The van der Waals surface area contributed by atoms with Crippen molar-refractivity contribution in [2.75, 3.05) is 13.7 Å². The molecule has 0 aliphatic rings. The van der Waals surface area contributed by atoms with Gasteiger partial charge in [-0.1, -0.05) is 13.0 Å². The van der Waals surface area contributed by atoms with Gasteiger partial charge in [-0.3, -0.25) is 4.79 Å². The van der Waals surface area contributed by atoms with Crippen molar-refractivity contribution in [1.29, 1.82) is 0 Å². The number of nitrogens with two attached hydrogens (primary N) is 1. The van der Waals surface area contributed by atoms with Crippen LogP contribution >= 0.6 is 0 Å². The Morgan fingerprint density at radius 2 is 2.16 bits per heavy atom. The standard InChI is InChI=1S/C14H22N2O3/c1-4-10(2)16-14(17)9-19-12-6-5-11(8-15)7-13(12)18-3/h5-7,10H,4,8-9,15H2,1-3H3,(H,16,17). The van der Waals surface area contributed by atoms with Crippen molar-refractivity contribution in [2.45, 2.75) is 32.9 Å². The summed E-state index contributed by atoms with van der Waals surface area (Å²) < 4.78 is 10.7. The molecule has 0 fully saturated rings. The lowest BCUT2D eigenvalue weighted by Crippen LogP contribution is -2.35. The second-order valence-corrected chi connectivity index (χ2v) is 4.35. The van der Waals surface area contributed by atoms with Gasteiger partial charge in [0.2, 0.25) is 0 Å². The van der Waals surface area contributed by atoms with Crippen molar-refractivity contribution < 1.29 is 14.3 Å². The number of carbonyl (C=O) groups is 1. The molecule has 0 aromatic heterocycles. The van der Waals surface area contributed by atoms with Gasteiger partial charge in [0.25, 0.3) is 5.91 Å². The molecule has 1 aromatic carbocycles. The van der Waals surface area contributed by atoms with Crippen LogP contribution in [0.1, 0.15) is 25.8 Å². The third kappa shape index (κ3) is 4.79. The van der Waals surface area contributed by atoms with E-state index in [1.807, 2.05) is 26.0 Å². The summed E-state index contributed by atoms with van der Waals surface area (Å²) in [6, 6.07) is 5.57. The largest absolute Gasteiger partial charge is 0.493 e. The smallest absolute Gasteiger partial charge is 0.258 e. The first-order chi connectivity index (χ1) is 9.10. The van der Waals surface area contributed by atoms with E-state index in [4.69, 9.17) is 15.2 Å². The average Bonchev–Trinajstić information content (AvgIpc) is 2.44. The summed E-state index contributed by atoms with van der Waals surface area (Å²) in [5.74, 6) is 0.984. The number of methoxy groups -OCH3 is 1. The second kappa shape index (κ2) is 7.63. The van der Waals surface area contributed by atoms with Gasteiger partial charge in [-0.15, -0.1) is 0 Å². The molecular weight excluding hydrogens is 244 g/mol. The summed E-state index contributed by atoms with van der Waals surface area (Å²) in [5.41, 5.74) is 6.51. The van der Waals surface area contributed by atoms with Gasteiger partial charge in [0.15, 0.2) is 18.1 Å². The van der Waals surface area contributed by atoms with Gasteiger partial charge in [0.1, 0.15) is 0 Å². The number of hydrogen-bond donors (Lipinski definition) is 2. The SMILES string of the molecule is CCC(C)NC(=O)COc1ccc(CN)cc1OC. The lowest BCUT2D eigenvalue weighted by atomic mass is 10.2. The topological polar surface area (TPSA) is 73.6 Å². The Balaban J connectivity index is 2.59. The van der Waals surface area contributed by atoms with Crippen molar-refractivity contribution in [3.05, 3.63) is 23.8 Å². The maximum Gasteiger partial charge on any atom is 0.258 e. The fourth-order valence-electron chi connectivity index (χ4n) is 1.52. The normalized spacial score (nSPS) is 11.8. The molecule has 0 saturated carbocycles. The molecule has 0 aliphatic carbocycles. The minimum Gasteiger partial charge on any atom is -0.493 e. The monoisotopic (exact) mass is 266 g/mol. The van der Waals surface area contributed by atoms with Crippen LogP contribution in [-0.2, 0) is 11.3 Å². The molecule has 106 valence electrons. The van der Waals surface area contributed by atoms with Gasteiger partial charge in [-0.05, 0) is 31.0 Å². The van der Waals surface area contributed by atoms with Gasteiger partial charge in [0, 0.05) is 12.6 Å². The predicted octanol–water partition coefficient (Wildman–Crippen LogP) is 1.45. The van der Waals surface area contributed by atoms with E-state index in [1.54, 1.807) is 13.2 Å². The second-order valence-electron chi connectivity index (χ2n) is 4.35. The molecule has 0 radical (unpaired) electrons. The van der Waals surface area contributed by atoms with Crippen LogP contribution in [0.25, 0.3) is 0 Å². The molecule has 1 unspecified atom stereocenters. The Morgan fingerprint density at radius 1 is 1.42 bits per heavy atom. The highest BCUT2D eigenvalue weighted by Crippen LogP contribution is 2.27.